The first-order valence-electron chi connectivity index (χ1n) is 8.44. The van der Waals surface area contributed by atoms with Crippen LogP contribution in [0.4, 0.5) is 4.79 Å². The van der Waals surface area contributed by atoms with Gasteiger partial charge >= 0.3 is 6.09 Å². The molecule has 21 heavy (non-hydrogen) atoms. The summed E-state index contributed by atoms with van der Waals surface area (Å²) in [7, 11) is 2.19. The number of likely N-dealkylation sites (tertiary alicyclic amines) is 2. The Labute approximate surface area is 129 Å². The van der Waals surface area contributed by atoms with Crippen molar-refractivity contribution < 1.29 is 9.53 Å². The molecule has 2 fully saturated rings. The first-order valence-corrected chi connectivity index (χ1v) is 8.44. The van der Waals surface area contributed by atoms with Crippen LogP contribution in [-0.2, 0) is 4.74 Å². The molecule has 3 atom stereocenters. The zero-order valence-corrected chi connectivity index (χ0v) is 14.4. The van der Waals surface area contributed by atoms with Crippen molar-refractivity contribution in [2.24, 2.45) is 11.8 Å². The van der Waals surface area contributed by atoms with Crippen LogP contribution in [0, 0.1) is 11.8 Å². The first kappa shape index (κ1) is 16.6. The number of amides is 1. The number of hydrogen-bond donors (Lipinski definition) is 0. The molecular weight excluding hydrogens is 264 g/mol. The van der Waals surface area contributed by atoms with Crippen LogP contribution in [0.3, 0.4) is 0 Å². The summed E-state index contributed by atoms with van der Waals surface area (Å²) in [5.41, 5.74) is -0.411. The number of hydrogen-bond acceptors (Lipinski definition) is 3. The molecule has 1 amide bonds. The summed E-state index contributed by atoms with van der Waals surface area (Å²) in [5, 5.41) is 0. The van der Waals surface area contributed by atoms with Gasteiger partial charge in [-0.05, 0) is 71.9 Å². The molecule has 0 N–H and O–H groups in total. The molecule has 4 nitrogen and oxygen atoms in total. The fourth-order valence-corrected chi connectivity index (χ4v) is 3.71. The van der Waals surface area contributed by atoms with Crippen LogP contribution < -0.4 is 0 Å². The topological polar surface area (TPSA) is 32.8 Å². The van der Waals surface area contributed by atoms with Crippen LogP contribution in [0.25, 0.3) is 0 Å². The summed E-state index contributed by atoms with van der Waals surface area (Å²) in [6.07, 6.45) is 4.72. The first-order chi connectivity index (χ1) is 9.76. The highest BCUT2D eigenvalue weighted by Gasteiger charge is 2.38. The van der Waals surface area contributed by atoms with E-state index < -0.39 is 5.60 Å². The van der Waals surface area contributed by atoms with Crippen LogP contribution in [-0.4, -0.2) is 54.2 Å². The van der Waals surface area contributed by atoms with Gasteiger partial charge in [0.2, 0.25) is 0 Å². The maximum absolute atomic E-state index is 12.6. The Balaban J connectivity index is 2.07. The number of piperidine rings is 2. The van der Waals surface area contributed by atoms with E-state index in [-0.39, 0.29) is 6.09 Å². The minimum absolute atomic E-state index is 0.118. The number of rotatable bonds is 1. The molecule has 4 heteroatoms. The van der Waals surface area contributed by atoms with Gasteiger partial charge in [0.15, 0.2) is 0 Å². The Morgan fingerprint density at radius 3 is 2.48 bits per heavy atom. The van der Waals surface area contributed by atoms with E-state index >= 15 is 0 Å². The van der Waals surface area contributed by atoms with E-state index in [1.54, 1.807) is 0 Å². The Bertz CT molecular complexity index is 364. The maximum atomic E-state index is 12.6. The van der Waals surface area contributed by atoms with Gasteiger partial charge in [-0.25, -0.2) is 4.79 Å². The number of carbonyl (C=O) groups is 1. The minimum atomic E-state index is -0.411. The van der Waals surface area contributed by atoms with Crippen LogP contribution in [0.1, 0.15) is 53.4 Å². The molecule has 0 aromatic rings. The molecular formula is C17H32N2O2. The van der Waals surface area contributed by atoms with Crippen molar-refractivity contribution in [3.05, 3.63) is 0 Å². The Morgan fingerprint density at radius 1 is 1.14 bits per heavy atom. The highest BCUT2D eigenvalue weighted by Crippen LogP contribution is 2.32. The van der Waals surface area contributed by atoms with Crippen molar-refractivity contribution in [2.45, 2.75) is 65.0 Å². The van der Waals surface area contributed by atoms with Crippen molar-refractivity contribution in [1.82, 2.24) is 9.80 Å². The fourth-order valence-electron chi connectivity index (χ4n) is 3.71. The molecule has 0 aromatic heterocycles. The quantitative estimate of drug-likeness (QED) is 0.744. The zero-order chi connectivity index (χ0) is 15.6. The molecule has 0 aromatic carbocycles. The van der Waals surface area contributed by atoms with E-state index in [9.17, 15) is 4.79 Å². The van der Waals surface area contributed by atoms with E-state index in [0.717, 1.165) is 19.5 Å². The Morgan fingerprint density at radius 2 is 1.86 bits per heavy atom. The largest absolute Gasteiger partial charge is 0.444 e. The molecule has 0 bridgehead atoms. The molecule has 3 unspecified atom stereocenters. The lowest BCUT2D eigenvalue weighted by atomic mass is 9.82. The summed E-state index contributed by atoms with van der Waals surface area (Å²) >= 11 is 0. The van der Waals surface area contributed by atoms with Crippen LogP contribution in [0.15, 0.2) is 0 Å². The fraction of sp³-hybridized carbons (Fsp3) is 0.941. The molecule has 2 rings (SSSR count). The molecule has 2 aliphatic heterocycles. The Kier molecular flexibility index (Phi) is 5.18. The molecule has 0 saturated carbocycles. The second kappa shape index (κ2) is 6.55. The molecule has 122 valence electrons. The van der Waals surface area contributed by atoms with E-state index in [0.29, 0.717) is 17.9 Å². The monoisotopic (exact) mass is 296 g/mol. The van der Waals surface area contributed by atoms with Crippen molar-refractivity contribution in [3.8, 4) is 0 Å². The summed E-state index contributed by atoms with van der Waals surface area (Å²) in [5.74, 6) is 1.18. The molecule has 0 radical (unpaired) electrons. The summed E-state index contributed by atoms with van der Waals surface area (Å²) in [6, 6.07) is 0.360. The SMILES string of the molecule is CC1CCC(C2CCCN(C)C2)N(C(=O)OC(C)(C)C)C1. The summed E-state index contributed by atoms with van der Waals surface area (Å²) < 4.78 is 5.65. The van der Waals surface area contributed by atoms with Gasteiger partial charge < -0.3 is 14.5 Å². The smallest absolute Gasteiger partial charge is 0.410 e. The van der Waals surface area contributed by atoms with Crippen molar-refractivity contribution in [3.63, 3.8) is 0 Å². The predicted molar refractivity (Wildman–Crippen MR) is 85.3 cm³/mol. The van der Waals surface area contributed by atoms with Gasteiger partial charge in [0.25, 0.3) is 0 Å². The highest BCUT2D eigenvalue weighted by molar-refractivity contribution is 5.68. The van der Waals surface area contributed by atoms with E-state index in [1.165, 1.54) is 25.8 Å². The van der Waals surface area contributed by atoms with Gasteiger partial charge in [-0.15, -0.1) is 0 Å². The van der Waals surface area contributed by atoms with Crippen molar-refractivity contribution >= 4 is 6.09 Å². The Hall–Kier alpha value is -0.770. The molecule has 0 aliphatic carbocycles. The average molecular weight is 296 g/mol. The second-order valence-electron chi connectivity index (χ2n) is 8.05. The van der Waals surface area contributed by atoms with Crippen LogP contribution in [0.5, 0.6) is 0 Å². The van der Waals surface area contributed by atoms with E-state index in [1.807, 2.05) is 25.7 Å². The second-order valence-corrected chi connectivity index (χ2v) is 8.05. The third-order valence-electron chi connectivity index (χ3n) is 4.70. The maximum Gasteiger partial charge on any atom is 0.410 e. The van der Waals surface area contributed by atoms with Gasteiger partial charge in [0, 0.05) is 19.1 Å². The number of carbonyl (C=O) groups excluding carboxylic acids is 1. The van der Waals surface area contributed by atoms with Gasteiger partial charge in [-0.3, -0.25) is 0 Å². The van der Waals surface area contributed by atoms with Crippen molar-refractivity contribution in [2.75, 3.05) is 26.7 Å². The highest BCUT2D eigenvalue weighted by atomic mass is 16.6. The lowest BCUT2D eigenvalue weighted by Crippen LogP contribution is -2.54. The third-order valence-corrected chi connectivity index (χ3v) is 4.70. The van der Waals surface area contributed by atoms with Gasteiger partial charge in [-0.1, -0.05) is 6.92 Å². The molecule has 0 spiro atoms. The van der Waals surface area contributed by atoms with Crippen molar-refractivity contribution in [1.29, 1.82) is 0 Å². The van der Waals surface area contributed by atoms with Crippen LogP contribution in [0.2, 0.25) is 0 Å². The minimum Gasteiger partial charge on any atom is -0.444 e. The van der Waals surface area contributed by atoms with Gasteiger partial charge in [0.1, 0.15) is 5.60 Å². The van der Waals surface area contributed by atoms with E-state index in [4.69, 9.17) is 4.74 Å². The lowest BCUT2D eigenvalue weighted by Gasteiger charge is -2.45. The number of ether oxygens (including phenoxy) is 1. The average Bonchev–Trinajstić information content (AvgIpc) is 2.36. The van der Waals surface area contributed by atoms with E-state index in [2.05, 4.69) is 18.9 Å². The predicted octanol–water partition coefficient (Wildman–Crippen LogP) is 3.36. The number of nitrogens with zero attached hydrogens (tertiary/aromatic N) is 2. The molecule has 2 saturated heterocycles. The standard InChI is InChI=1S/C17H32N2O2/c1-13-8-9-15(14-7-6-10-18(5)12-14)19(11-13)16(20)21-17(2,3)4/h13-15H,6-12H2,1-5H3. The summed E-state index contributed by atoms with van der Waals surface area (Å²) in [4.78, 5) is 17.0. The molecule has 2 aliphatic rings. The van der Waals surface area contributed by atoms with Crippen LogP contribution >= 0.6 is 0 Å². The summed E-state index contributed by atoms with van der Waals surface area (Å²) in [6.45, 7) is 11.2. The molecule has 2 heterocycles. The third kappa shape index (κ3) is 4.60. The zero-order valence-electron chi connectivity index (χ0n) is 14.4. The van der Waals surface area contributed by atoms with Gasteiger partial charge in [-0.2, -0.15) is 0 Å². The van der Waals surface area contributed by atoms with Gasteiger partial charge in [0.05, 0.1) is 0 Å². The normalized spacial score (nSPS) is 32.0. The lowest BCUT2D eigenvalue weighted by molar-refractivity contribution is -0.0121.